The molecule has 6 nitrogen and oxygen atoms in total. The van der Waals surface area contributed by atoms with E-state index in [-0.39, 0.29) is 17.9 Å². The van der Waals surface area contributed by atoms with E-state index in [0.717, 1.165) is 16.5 Å². The van der Waals surface area contributed by atoms with Gasteiger partial charge in [-0.25, -0.2) is 14.8 Å². The molecule has 0 amide bonds. The van der Waals surface area contributed by atoms with Crippen molar-refractivity contribution in [3.8, 4) is 0 Å². The van der Waals surface area contributed by atoms with E-state index in [4.69, 9.17) is 4.74 Å². The van der Waals surface area contributed by atoms with Crippen molar-refractivity contribution >= 4 is 22.5 Å². The standard InChI is InChI=1S/C20H15N3O3/c1-13-5-4-10-23-18(24)11-15(21-19(13)23)12-26-20(25)17-9-8-14-6-2-3-7-16(14)22-17/h2-11H,12H2,1H3. The van der Waals surface area contributed by atoms with Gasteiger partial charge < -0.3 is 4.74 Å². The number of carbonyl (C=O) groups is 1. The van der Waals surface area contributed by atoms with Crippen LogP contribution in [0.3, 0.4) is 0 Å². The number of carbonyl (C=O) groups excluding carboxylic acids is 1. The first-order chi connectivity index (χ1) is 12.6. The van der Waals surface area contributed by atoms with Crippen LogP contribution in [0.15, 0.2) is 65.6 Å². The van der Waals surface area contributed by atoms with E-state index < -0.39 is 5.97 Å². The average Bonchev–Trinajstić information content (AvgIpc) is 2.66. The molecule has 26 heavy (non-hydrogen) atoms. The summed E-state index contributed by atoms with van der Waals surface area (Å²) in [5, 5.41) is 0.948. The van der Waals surface area contributed by atoms with Crippen molar-refractivity contribution in [3.63, 3.8) is 0 Å². The molecule has 3 heterocycles. The topological polar surface area (TPSA) is 73.6 Å². The Bertz CT molecular complexity index is 1200. The van der Waals surface area contributed by atoms with Crippen molar-refractivity contribution in [1.29, 1.82) is 0 Å². The fraction of sp³-hybridized carbons (Fsp3) is 0.100. The molecule has 4 rings (SSSR count). The number of esters is 1. The highest BCUT2D eigenvalue weighted by Crippen LogP contribution is 2.13. The van der Waals surface area contributed by atoms with Crippen molar-refractivity contribution in [2.75, 3.05) is 0 Å². The van der Waals surface area contributed by atoms with E-state index in [1.54, 1.807) is 18.3 Å². The molecule has 0 radical (unpaired) electrons. The molecule has 6 heteroatoms. The van der Waals surface area contributed by atoms with E-state index in [9.17, 15) is 9.59 Å². The lowest BCUT2D eigenvalue weighted by Crippen LogP contribution is -2.17. The predicted molar refractivity (Wildman–Crippen MR) is 97.1 cm³/mol. The molecular weight excluding hydrogens is 330 g/mol. The maximum atomic E-state index is 12.3. The molecule has 0 N–H and O–H groups in total. The van der Waals surface area contributed by atoms with Crippen LogP contribution < -0.4 is 5.56 Å². The number of aryl methyl sites for hydroxylation is 1. The molecule has 0 bridgehead atoms. The molecule has 0 saturated heterocycles. The maximum absolute atomic E-state index is 12.3. The summed E-state index contributed by atoms with van der Waals surface area (Å²) in [5.74, 6) is -0.553. The van der Waals surface area contributed by atoms with Crippen LogP contribution in [0.2, 0.25) is 0 Å². The molecule has 0 spiro atoms. The number of pyridine rings is 2. The van der Waals surface area contributed by atoms with Gasteiger partial charge >= 0.3 is 5.97 Å². The average molecular weight is 345 g/mol. The largest absolute Gasteiger partial charge is 0.454 e. The smallest absolute Gasteiger partial charge is 0.357 e. The van der Waals surface area contributed by atoms with E-state index in [1.165, 1.54) is 10.5 Å². The minimum Gasteiger partial charge on any atom is -0.454 e. The first-order valence-corrected chi connectivity index (χ1v) is 8.13. The second-order valence-electron chi connectivity index (χ2n) is 5.94. The number of benzene rings is 1. The number of ether oxygens (including phenoxy) is 1. The Labute approximate surface area is 148 Å². The first-order valence-electron chi connectivity index (χ1n) is 8.13. The van der Waals surface area contributed by atoms with Gasteiger partial charge in [0.25, 0.3) is 5.56 Å². The molecular formula is C20H15N3O3. The van der Waals surface area contributed by atoms with Gasteiger partial charge in [0.1, 0.15) is 17.9 Å². The number of hydrogen-bond acceptors (Lipinski definition) is 5. The third-order valence-corrected chi connectivity index (χ3v) is 4.10. The van der Waals surface area contributed by atoms with E-state index in [1.807, 2.05) is 43.3 Å². The quantitative estimate of drug-likeness (QED) is 0.534. The van der Waals surface area contributed by atoms with Gasteiger partial charge in [-0.15, -0.1) is 0 Å². The minimum atomic E-state index is -0.553. The van der Waals surface area contributed by atoms with Crippen molar-refractivity contribution in [2.45, 2.75) is 13.5 Å². The highest BCUT2D eigenvalue weighted by Gasteiger charge is 2.12. The number of rotatable bonds is 3. The summed E-state index contributed by atoms with van der Waals surface area (Å²) in [4.78, 5) is 33.2. The lowest BCUT2D eigenvalue weighted by Gasteiger charge is -2.07. The molecule has 0 saturated carbocycles. The van der Waals surface area contributed by atoms with Gasteiger partial charge in [0.15, 0.2) is 0 Å². The first kappa shape index (κ1) is 16.0. The highest BCUT2D eigenvalue weighted by atomic mass is 16.5. The molecule has 1 aromatic carbocycles. The molecule has 0 aliphatic heterocycles. The Morgan fingerprint density at radius 2 is 1.92 bits per heavy atom. The van der Waals surface area contributed by atoms with Gasteiger partial charge in [-0.3, -0.25) is 9.20 Å². The second-order valence-corrected chi connectivity index (χ2v) is 5.94. The zero-order chi connectivity index (χ0) is 18.1. The number of nitrogens with zero attached hydrogens (tertiary/aromatic N) is 3. The van der Waals surface area contributed by atoms with Crippen LogP contribution in [0.5, 0.6) is 0 Å². The predicted octanol–water partition coefficient (Wildman–Crippen LogP) is 2.91. The van der Waals surface area contributed by atoms with Crippen LogP contribution in [0, 0.1) is 6.92 Å². The molecule has 0 aliphatic carbocycles. The van der Waals surface area contributed by atoms with Crippen molar-refractivity contribution in [1.82, 2.24) is 14.4 Å². The normalized spacial score (nSPS) is 11.0. The summed E-state index contributed by atoms with van der Waals surface area (Å²) >= 11 is 0. The van der Waals surface area contributed by atoms with Crippen LogP contribution in [0.4, 0.5) is 0 Å². The van der Waals surface area contributed by atoms with Gasteiger partial charge in [-0.2, -0.15) is 0 Å². The fourth-order valence-corrected chi connectivity index (χ4v) is 2.78. The summed E-state index contributed by atoms with van der Waals surface area (Å²) in [6.07, 6.45) is 1.66. The maximum Gasteiger partial charge on any atom is 0.357 e. The Morgan fingerprint density at radius 3 is 2.81 bits per heavy atom. The van der Waals surface area contributed by atoms with Gasteiger partial charge in [0, 0.05) is 17.6 Å². The fourth-order valence-electron chi connectivity index (χ4n) is 2.78. The van der Waals surface area contributed by atoms with Crippen molar-refractivity contribution in [2.24, 2.45) is 0 Å². The Morgan fingerprint density at radius 1 is 1.08 bits per heavy atom. The van der Waals surface area contributed by atoms with Gasteiger partial charge in [-0.05, 0) is 30.7 Å². The summed E-state index contributed by atoms with van der Waals surface area (Å²) in [6, 6.07) is 16.0. The van der Waals surface area contributed by atoms with Gasteiger partial charge in [-0.1, -0.05) is 30.3 Å². The minimum absolute atomic E-state index is 0.0899. The zero-order valence-corrected chi connectivity index (χ0v) is 14.0. The molecule has 4 aromatic rings. The third-order valence-electron chi connectivity index (χ3n) is 4.10. The molecule has 0 atom stereocenters. The lowest BCUT2D eigenvalue weighted by molar-refractivity contribution is 0.0461. The highest BCUT2D eigenvalue weighted by molar-refractivity contribution is 5.90. The molecule has 0 fully saturated rings. The van der Waals surface area contributed by atoms with Crippen LogP contribution in [0.25, 0.3) is 16.6 Å². The number of hydrogen-bond donors (Lipinski definition) is 0. The number of aromatic nitrogens is 3. The van der Waals surface area contributed by atoms with E-state index >= 15 is 0 Å². The summed E-state index contributed by atoms with van der Waals surface area (Å²) < 4.78 is 6.76. The van der Waals surface area contributed by atoms with Gasteiger partial charge in [0.05, 0.1) is 11.2 Å². The molecule has 128 valence electrons. The van der Waals surface area contributed by atoms with E-state index in [0.29, 0.717) is 11.3 Å². The lowest BCUT2D eigenvalue weighted by atomic mass is 10.2. The van der Waals surface area contributed by atoms with Gasteiger partial charge in [0.2, 0.25) is 0 Å². The number of para-hydroxylation sites is 1. The Balaban J connectivity index is 1.58. The third kappa shape index (κ3) is 2.93. The number of fused-ring (bicyclic) bond motifs is 2. The SMILES string of the molecule is Cc1cccn2c(=O)cc(COC(=O)c3ccc4ccccc4n3)nc12. The van der Waals surface area contributed by atoms with E-state index in [2.05, 4.69) is 9.97 Å². The van der Waals surface area contributed by atoms with Crippen molar-refractivity contribution in [3.05, 3.63) is 88.1 Å². The molecule has 0 aliphatic rings. The summed E-state index contributed by atoms with van der Waals surface area (Å²) in [5.41, 5.74) is 2.55. The Kier molecular flexibility index (Phi) is 3.93. The monoisotopic (exact) mass is 345 g/mol. The summed E-state index contributed by atoms with van der Waals surface area (Å²) in [7, 11) is 0. The molecule has 3 aromatic heterocycles. The van der Waals surface area contributed by atoms with Crippen LogP contribution >= 0.6 is 0 Å². The zero-order valence-electron chi connectivity index (χ0n) is 14.0. The Hall–Kier alpha value is -3.54. The van der Waals surface area contributed by atoms with Crippen molar-refractivity contribution < 1.29 is 9.53 Å². The second kappa shape index (κ2) is 6.40. The van der Waals surface area contributed by atoms with Crippen LogP contribution in [-0.2, 0) is 11.3 Å². The summed E-state index contributed by atoms with van der Waals surface area (Å²) in [6.45, 7) is 1.78. The molecule has 0 unspecified atom stereocenters. The van der Waals surface area contributed by atoms with Crippen LogP contribution in [-0.4, -0.2) is 20.3 Å². The van der Waals surface area contributed by atoms with Crippen LogP contribution in [0.1, 0.15) is 21.7 Å².